The lowest BCUT2D eigenvalue weighted by Crippen LogP contribution is -2.55. The van der Waals surface area contributed by atoms with Crippen LogP contribution in [0.4, 0.5) is 10.6 Å². The van der Waals surface area contributed by atoms with E-state index < -0.39 is 10.9 Å². The predicted octanol–water partition coefficient (Wildman–Crippen LogP) is 2.03. The van der Waals surface area contributed by atoms with Gasteiger partial charge in [0, 0.05) is 31.6 Å². The minimum atomic E-state index is -0.511. The second-order valence-corrected chi connectivity index (χ2v) is 9.15. The monoisotopic (exact) mass is 412 g/mol. The molecule has 1 unspecified atom stereocenters. The maximum absolute atomic E-state index is 12.1. The number of aromatic nitrogens is 1. The molecule has 2 N–H and O–H groups in total. The number of nitrogens with one attached hydrogen (secondary N) is 2. The Balaban J connectivity index is 1.59. The lowest BCUT2D eigenvalue weighted by atomic mass is 10.0. The molecule has 1 saturated heterocycles. The molecule has 1 atom stereocenters. The van der Waals surface area contributed by atoms with Gasteiger partial charge in [0.25, 0.3) is 0 Å². The van der Waals surface area contributed by atoms with Gasteiger partial charge in [-0.3, -0.25) is 9.59 Å². The van der Waals surface area contributed by atoms with Gasteiger partial charge in [0.1, 0.15) is 11.4 Å². The van der Waals surface area contributed by atoms with Gasteiger partial charge < -0.3 is 24.8 Å². The van der Waals surface area contributed by atoms with Crippen LogP contribution in [0, 0.1) is 12.8 Å². The van der Waals surface area contributed by atoms with E-state index in [1.807, 2.05) is 20.8 Å². The third-order valence-electron chi connectivity index (χ3n) is 3.91. The maximum atomic E-state index is 12.1. The summed E-state index contributed by atoms with van der Waals surface area (Å²) in [6, 6.07) is 1.63. The number of amides is 3. The van der Waals surface area contributed by atoms with Crippen molar-refractivity contribution in [1.82, 2.24) is 15.4 Å². The molecule has 0 radical (unpaired) electrons. The van der Waals surface area contributed by atoms with Crippen LogP contribution in [0.2, 0.25) is 0 Å². The second kappa shape index (κ2) is 9.31. The van der Waals surface area contributed by atoms with Crippen LogP contribution in [0.3, 0.4) is 0 Å². The van der Waals surface area contributed by atoms with Crippen LogP contribution in [-0.2, 0) is 14.3 Å². The van der Waals surface area contributed by atoms with E-state index in [1.54, 1.807) is 24.8 Å². The molecule has 3 amide bonds. The third-order valence-corrected chi connectivity index (χ3v) is 5.05. The Labute approximate surface area is 168 Å². The van der Waals surface area contributed by atoms with Gasteiger partial charge in [-0.25, -0.2) is 4.79 Å². The van der Waals surface area contributed by atoms with Crippen LogP contribution in [-0.4, -0.2) is 64.2 Å². The summed E-state index contributed by atoms with van der Waals surface area (Å²) in [6.45, 7) is 10.6. The van der Waals surface area contributed by atoms with Crippen LogP contribution >= 0.6 is 11.8 Å². The van der Waals surface area contributed by atoms with Crippen molar-refractivity contribution in [3.05, 3.63) is 11.8 Å². The number of hydrogen-bond acceptors (Lipinski definition) is 7. The molecule has 10 heteroatoms. The highest BCUT2D eigenvalue weighted by Crippen LogP contribution is 2.19. The van der Waals surface area contributed by atoms with Crippen LogP contribution < -0.4 is 10.6 Å². The van der Waals surface area contributed by atoms with Crippen molar-refractivity contribution >= 4 is 35.5 Å². The van der Waals surface area contributed by atoms with Gasteiger partial charge in [-0.15, -0.1) is 11.8 Å². The highest BCUT2D eigenvalue weighted by Gasteiger charge is 2.33. The first-order valence-electron chi connectivity index (χ1n) is 9.14. The van der Waals surface area contributed by atoms with Crippen LogP contribution in [0.15, 0.2) is 10.6 Å². The van der Waals surface area contributed by atoms with Crippen molar-refractivity contribution in [2.45, 2.75) is 45.5 Å². The second-order valence-electron chi connectivity index (χ2n) is 7.82. The summed E-state index contributed by atoms with van der Waals surface area (Å²) in [5.74, 6) is 0.984. The molecule has 0 saturated carbocycles. The van der Waals surface area contributed by atoms with Crippen molar-refractivity contribution < 1.29 is 23.6 Å². The van der Waals surface area contributed by atoms with E-state index in [4.69, 9.17) is 9.26 Å². The van der Waals surface area contributed by atoms with E-state index in [9.17, 15) is 14.4 Å². The number of carbonyl (C=O) groups excluding carboxylic acids is 3. The van der Waals surface area contributed by atoms with E-state index in [2.05, 4.69) is 15.8 Å². The molecule has 2 rings (SSSR count). The first-order valence-corrected chi connectivity index (χ1v) is 10.2. The van der Waals surface area contributed by atoms with Crippen molar-refractivity contribution in [2.24, 2.45) is 5.92 Å². The SMILES string of the molecule is Cc1cc(NC(=O)C(C)SCC(=O)NCC2CN(C(=O)OC(C)(C)C)C2)no1. The van der Waals surface area contributed by atoms with Gasteiger partial charge in [0.05, 0.1) is 11.0 Å². The summed E-state index contributed by atoms with van der Waals surface area (Å²) in [6.07, 6.45) is -0.326. The number of hydrogen-bond donors (Lipinski definition) is 2. The normalized spacial score (nSPS) is 15.5. The van der Waals surface area contributed by atoms with Gasteiger partial charge in [-0.05, 0) is 34.6 Å². The Morgan fingerprint density at radius 2 is 2.07 bits per heavy atom. The highest BCUT2D eigenvalue weighted by molar-refractivity contribution is 8.01. The van der Waals surface area contributed by atoms with Gasteiger partial charge in [0.15, 0.2) is 5.82 Å². The van der Waals surface area contributed by atoms with Crippen molar-refractivity contribution in [3.63, 3.8) is 0 Å². The molecule has 1 aliphatic rings. The number of likely N-dealkylation sites (tertiary alicyclic amines) is 1. The van der Waals surface area contributed by atoms with Gasteiger partial charge in [-0.2, -0.15) is 0 Å². The molecule has 1 fully saturated rings. The molecule has 2 heterocycles. The lowest BCUT2D eigenvalue weighted by Gasteiger charge is -2.39. The largest absolute Gasteiger partial charge is 0.444 e. The van der Waals surface area contributed by atoms with Crippen LogP contribution in [0.1, 0.15) is 33.5 Å². The number of ether oxygens (including phenoxy) is 1. The first-order chi connectivity index (χ1) is 13.0. The number of nitrogens with zero attached hydrogens (tertiary/aromatic N) is 2. The Morgan fingerprint density at radius 3 is 2.64 bits per heavy atom. The minimum Gasteiger partial charge on any atom is -0.444 e. The van der Waals surface area contributed by atoms with Crippen LogP contribution in [0.25, 0.3) is 0 Å². The number of rotatable bonds is 7. The Morgan fingerprint density at radius 1 is 1.39 bits per heavy atom. The zero-order valence-corrected chi connectivity index (χ0v) is 17.7. The molecule has 9 nitrogen and oxygen atoms in total. The summed E-state index contributed by atoms with van der Waals surface area (Å²) in [7, 11) is 0. The van der Waals surface area contributed by atoms with E-state index >= 15 is 0 Å². The van der Waals surface area contributed by atoms with Crippen LogP contribution in [0.5, 0.6) is 0 Å². The molecular weight excluding hydrogens is 384 g/mol. The van der Waals surface area contributed by atoms with Crippen molar-refractivity contribution in [1.29, 1.82) is 0 Å². The fraction of sp³-hybridized carbons (Fsp3) is 0.667. The molecule has 1 aromatic heterocycles. The number of carbonyl (C=O) groups is 3. The number of anilines is 1. The van der Waals surface area contributed by atoms with E-state index in [0.29, 0.717) is 31.2 Å². The topological polar surface area (TPSA) is 114 Å². The number of aryl methyl sites for hydroxylation is 1. The fourth-order valence-electron chi connectivity index (χ4n) is 2.41. The molecule has 0 aliphatic carbocycles. The quantitative estimate of drug-likeness (QED) is 0.704. The van der Waals surface area contributed by atoms with Crippen molar-refractivity contribution in [2.75, 3.05) is 30.7 Å². The smallest absolute Gasteiger partial charge is 0.410 e. The highest BCUT2D eigenvalue weighted by atomic mass is 32.2. The molecular formula is C18H28N4O5S. The summed E-state index contributed by atoms with van der Waals surface area (Å²) < 4.78 is 10.2. The fourth-order valence-corrected chi connectivity index (χ4v) is 3.13. The molecule has 1 aliphatic heterocycles. The number of thioether (sulfide) groups is 1. The third kappa shape index (κ3) is 7.06. The first kappa shape index (κ1) is 22.1. The summed E-state index contributed by atoms with van der Waals surface area (Å²) in [5, 5.41) is 8.78. The predicted molar refractivity (Wildman–Crippen MR) is 106 cm³/mol. The van der Waals surface area contributed by atoms with Gasteiger partial charge in [-0.1, -0.05) is 5.16 Å². The minimum absolute atomic E-state index is 0.141. The average molecular weight is 413 g/mol. The lowest BCUT2D eigenvalue weighted by molar-refractivity contribution is -0.119. The maximum Gasteiger partial charge on any atom is 0.410 e. The summed E-state index contributed by atoms with van der Waals surface area (Å²) in [4.78, 5) is 37.5. The van der Waals surface area contributed by atoms with Gasteiger partial charge in [0.2, 0.25) is 11.8 Å². The molecule has 0 spiro atoms. The van der Waals surface area contributed by atoms with Gasteiger partial charge >= 0.3 is 6.09 Å². The molecule has 0 aromatic carbocycles. The van der Waals surface area contributed by atoms with Crippen molar-refractivity contribution in [3.8, 4) is 0 Å². The average Bonchev–Trinajstić information content (AvgIpc) is 2.94. The Bertz CT molecular complexity index is 709. The molecule has 156 valence electrons. The van der Waals surface area contributed by atoms with E-state index in [-0.39, 0.29) is 29.6 Å². The molecule has 28 heavy (non-hydrogen) atoms. The summed E-state index contributed by atoms with van der Waals surface area (Å²) in [5.41, 5.74) is -0.511. The molecule has 1 aromatic rings. The van der Waals surface area contributed by atoms with E-state index in [1.165, 1.54) is 11.8 Å². The Hall–Kier alpha value is -2.23. The summed E-state index contributed by atoms with van der Waals surface area (Å²) >= 11 is 1.24. The van der Waals surface area contributed by atoms with E-state index in [0.717, 1.165) is 0 Å². The Kier molecular flexibility index (Phi) is 7.34. The standard InChI is InChI=1S/C18H28N4O5S/c1-11-6-14(21-27-11)20-16(24)12(2)28-10-15(23)19-7-13-8-22(9-13)17(25)26-18(3,4)5/h6,12-13H,7-10H2,1-5H3,(H,19,23)(H,20,21,24). The zero-order chi connectivity index (χ0) is 20.9. The zero-order valence-electron chi connectivity index (χ0n) is 16.9. The molecule has 0 bridgehead atoms.